The molecule has 4 aromatic rings. The van der Waals surface area contributed by atoms with Crippen LogP contribution in [0.3, 0.4) is 0 Å². The molecule has 2 heterocycles. The van der Waals surface area contributed by atoms with Gasteiger partial charge in [-0.25, -0.2) is 9.97 Å². The zero-order chi connectivity index (χ0) is 13.7. The Labute approximate surface area is 116 Å². The van der Waals surface area contributed by atoms with Gasteiger partial charge in [-0.05, 0) is 31.2 Å². The topological polar surface area (TPSA) is 46.5 Å². The molecule has 0 amide bonds. The molecule has 2 aromatic carbocycles. The van der Waals surface area contributed by atoms with Crippen molar-refractivity contribution in [3.63, 3.8) is 0 Å². The number of aromatic amines is 1. The standard InChI is InChI=1S/C16H14N4/c1-10-17-15-11(6-5-9-14(15)20(10)2)16-18-12-7-3-4-8-13(12)19-16/h3-9H,1-2H3,(H,18,19). The van der Waals surface area contributed by atoms with Gasteiger partial charge in [-0.3, -0.25) is 0 Å². The van der Waals surface area contributed by atoms with Gasteiger partial charge in [0.25, 0.3) is 0 Å². The van der Waals surface area contributed by atoms with E-state index in [1.165, 1.54) is 0 Å². The van der Waals surface area contributed by atoms with Gasteiger partial charge in [0.15, 0.2) is 0 Å². The van der Waals surface area contributed by atoms with Crippen LogP contribution in [0.25, 0.3) is 33.5 Å². The monoisotopic (exact) mass is 262 g/mol. The summed E-state index contributed by atoms with van der Waals surface area (Å²) in [5, 5.41) is 0. The van der Waals surface area contributed by atoms with Gasteiger partial charge in [0.2, 0.25) is 0 Å². The molecule has 0 aliphatic rings. The minimum Gasteiger partial charge on any atom is -0.338 e. The first kappa shape index (κ1) is 11.2. The molecule has 1 N–H and O–H groups in total. The fraction of sp³-hybridized carbons (Fsp3) is 0.125. The van der Waals surface area contributed by atoms with E-state index < -0.39 is 0 Å². The first-order valence-electron chi connectivity index (χ1n) is 6.61. The lowest BCUT2D eigenvalue weighted by Gasteiger charge is -1.99. The largest absolute Gasteiger partial charge is 0.338 e. The third-order valence-electron chi connectivity index (χ3n) is 3.78. The molecular weight excluding hydrogens is 248 g/mol. The number of rotatable bonds is 1. The van der Waals surface area contributed by atoms with E-state index in [9.17, 15) is 0 Å². The molecule has 0 fully saturated rings. The average Bonchev–Trinajstić information content (AvgIpc) is 3.01. The molecule has 20 heavy (non-hydrogen) atoms. The summed E-state index contributed by atoms with van der Waals surface area (Å²) in [7, 11) is 2.03. The van der Waals surface area contributed by atoms with Crippen LogP contribution in [0.15, 0.2) is 42.5 Å². The molecule has 0 atom stereocenters. The highest BCUT2D eigenvalue weighted by molar-refractivity contribution is 5.92. The van der Waals surface area contributed by atoms with Crippen molar-refractivity contribution in [3.05, 3.63) is 48.3 Å². The van der Waals surface area contributed by atoms with Crippen molar-refractivity contribution in [1.82, 2.24) is 19.5 Å². The molecule has 4 heteroatoms. The molecule has 2 aromatic heterocycles. The molecular formula is C16H14N4. The van der Waals surface area contributed by atoms with Crippen LogP contribution in [-0.4, -0.2) is 19.5 Å². The first-order valence-corrected chi connectivity index (χ1v) is 6.61. The summed E-state index contributed by atoms with van der Waals surface area (Å²) in [5.41, 5.74) is 5.19. The van der Waals surface area contributed by atoms with Gasteiger partial charge in [0.05, 0.1) is 22.1 Å². The highest BCUT2D eigenvalue weighted by Crippen LogP contribution is 2.27. The fourth-order valence-corrected chi connectivity index (χ4v) is 2.60. The molecule has 0 radical (unpaired) electrons. The number of H-pyrrole nitrogens is 1. The number of hydrogen-bond donors (Lipinski definition) is 1. The number of nitrogens with one attached hydrogen (secondary N) is 1. The third-order valence-corrected chi connectivity index (χ3v) is 3.78. The zero-order valence-corrected chi connectivity index (χ0v) is 11.4. The summed E-state index contributed by atoms with van der Waals surface area (Å²) in [6.07, 6.45) is 0. The quantitative estimate of drug-likeness (QED) is 0.571. The van der Waals surface area contributed by atoms with Gasteiger partial charge >= 0.3 is 0 Å². The maximum atomic E-state index is 4.67. The molecule has 98 valence electrons. The average molecular weight is 262 g/mol. The number of para-hydroxylation sites is 3. The lowest BCUT2D eigenvalue weighted by molar-refractivity contribution is 0.886. The SMILES string of the molecule is Cc1nc2c(-c3nc4ccccc4[nH]3)cccc2n1C. The summed E-state index contributed by atoms with van der Waals surface area (Å²) in [6.45, 7) is 2.02. The van der Waals surface area contributed by atoms with E-state index in [2.05, 4.69) is 31.7 Å². The normalized spacial score (nSPS) is 11.5. The predicted octanol–water partition coefficient (Wildman–Crippen LogP) is 3.43. The van der Waals surface area contributed by atoms with E-state index in [1.54, 1.807) is 0 Å². The van der Waals surface area contributed by atoms with Crippen molar-refractivity contribution in [2.24, 2.45) is 7.05 Å². The second-order valence-corrected chi connectivity index (χ2v) is 4.99. The van der Waals surface area contributed by atoms with Crippen molar-refractivity contribution in [3.8, 4) is 11.4 Å². The molecule has 0 spiro atoms. The van der Waals surface area contributed by atoms with Crippen LogP contribution in [0.4, 0.5) is 0 Å². The number of nitrogens with zero attached hydrogens (tertiary/aromatic N) is 3. The highest BCUT2D eigenvalue weighted by atomic mass is 15.1. The Balaban J connectivity index is 2.04. The second-order valence-electron chi connectivity index (χ2n) is 4.99. The number of fused-ring (bicyclic) bond motifs is 2. The van der Waals surface area contributed by atoms with Crippen LogP contribution < -0.4 is 0 Å². The Kier molecular flexibility index (Phi) is 2.21. The predicted molar refractivity (Wildman–Crippen MR) is 80.5 cm³/mol. The van der Waals surface area contributed by atoms with E-state index in [4.69, 9.17) is 0 Å². The lowest BCUT2D eigenvalue weighted by Crippen LogP contribution is -1.89. The van der Waals surface area contributed by atoms with Gasteiger partial charge in [0.1, 0.15) is 11.6 Å². The fourth-order valence-electron chi connectivity index (χ4n) is 2.60. The summed E-state index contributed by atoms with van der Waals surface area (Å²) < 4.78 is 2.10. The number of benzene rings is 2. The van der Waals surface area contributed by atoms with E-state index in [1.807, 2.05) is 44.3 Å². The number of imidazole rings is 2. The van der Waals surface area contributed by atoms with E-state index in [0.29, 0.717) is 0 Å². The van der Waals surface area contributed by atoms with Gasteiger partial charge < -0.3 is 9.55 Å². The Hall–Kier alpha value is -2.62. The Morgan fingerprint density at radius 3 is 2.70 bits per heavy atom. The summed E-state index contributed by atoms with van der Waals surface area (Å²) in [4.78, 5) is 12.7. The van der Waals surface area contributed by atoms with Crippen molar-refractivity contribution in [2.45, 2.75) is 6.92 Å². The Morgan fingerprint density at radius 2 is 1.85 bits per heavy atom. The van der Waals surface area contributed by atoms with E-state index >= 15 is 0 Å². The van der Waals surface area contributed by atoms with Gasteiger partial charge in [-0.1, -0.05) is 18.2 Å². The van der Waals surface area contributed by atoms with Crippen LogP contribution >= 0.6 is 0 Å². The van der Waals surface area contributed by atoms with Crippen molar-refractivity contribution < 1.29 is 0 Å². The highest BCUT2D eigenvalue weighted by Gasteiger charge is 2.12. The number of hydrogen-bond acceptors (Lipinski definition) is 2. The van der Waals surface area contributed by atoms with Crippen molar-refractivity contribution in [2.75, 3.05) is 0 Å². The summed E-state index contributed by atoms with van der Waals surface area (Å²) >= 11 is 0. The van der Waals surface area contributed by atoms with Gasteiger partial charge in [0, 0.05) is 12.6 Å². The molecule has 0 saturated carbocycles. The summed E-state index contributed by atoms with van der Waals surface area (Å²) in [5.74, 6) is 1.87. The zero-order valence-electron chi connectivity index (χ0n) is 11.4. The number of aryl methyl sites for hydroxylation is 2. The Morgan fingerprint density at radius 1 is 1.00 bits per heavy atom. The van der Waals surface area contributed by atoms with Crippen LogP contribution in [-0.2, 0) is 7.05 Å². The minimum absolute atomic E-state index is 0.870. The van der Waals surface area contributed by atoms with Crippen LogP contribution in [0.1, 0.15) is 5.82 Å². The number of aromatic nitrogens is 4. The van der Waals surface area contributed by atoms with Gasteiger partial charge in [-0.2, -0.15) is 0 Å². The molecule has 0 saturated heterocycles. The molecule has 4 nitrogen and oxygen atoms in total. The van der Waals surface area contributed by atoms with Crippen molar-refractivity contribution >= 4 is 22.1 Å². The second kappa shape index (κ2) is 3.93. The van der Waals surface area contributed by atoms with E-state index in [0.717, 1.165) is 39.3 Å². The molecule has 0 bridgehead atoms. The maximum Gasteiger partial charge on any atom is 0.140 e. The van der Waals surface area contributed by atoms with Gasteiger partial charge in [-0.15, -0.1) is 0 Å². The minimum atomic E-state index is 0.870. The van der Waals surface area contributed by atoms with Crippen LogP contribution in [0.5, 0.6) is 0 Å². The molecule has 0 aliphatic carbocycles. The summed E-state index contributed by atoms with van der Waals surface area (Å²) in [6, 6.07) is 14.3. The van der Waals surface area contributed by atoms with Crippen LogP contribution in [0, 0.1) is 6.92 Å². The lowest BCUT2D eigenvalue weighted by atomic mass is 10.2. The molecule has 0 aliphatic heterocycles. The maximum absolute atomic E-state index is 4.67. The third kappa shape index (κ3) is 1.48. The first-order chi connectivity index (χ1) is 9.74. The van der Waals surface area contributed by atoms with E-state index in [-0.39, 0.29) is 0 Å². The molecule has 4 rings (SSSR count). The van der Waals surface area contributed by atoms with Crippen molar-refractivity contribution in [1.29, 1.82) is 0 Å². The smallest absolute Gasteiger partial charge is 0.140 e. The molecule has 0 unspecified atom stereocenters. The van der Waals surface area contributed by atoms with Crippen LogP contribution in [0.2, 0.25) is 0 Å². The Bertz CT molecular complexity index is 897.